The van der Waals surface area contributed by atoms with Gasteiger partial charge in [-0.3, -0.25) is 4.79 Å². The summed E-state index contributed by atoms with van der Waals surface area (Å²) in [5.74, 6) is -0.265. The van der Waals surface area contributed by atoms with Gasteiger partial charge in [-0.05, 0) is 37.0 Å². The zero-order valence-electron chi connectivity index (χ0n) is 12.0. The summed E-state index contributed by atoms with van der Waals surface area (Å²) in [6.45, 7) is 2.05. The number of nitrogens with one attached hydrogen (secondary N) is 1. The number of amides is 1. The molecule has 0 bridgehead atoms. The fourth-order valence-corrected chi connectivity index (χ4v) is 4.42. The molecule has 1 heterocycles. The van der Waals surface area contributed by atoms with E-state index in [1.165, 1.54) is 22.6 Å². The average molecular weight is 336 g/mol. The van der Waals surface area contributed by atoms with E-state index in [-0.39, 0.29) is 16.8 Å². The fourth-order valence-electron chi connectivity index (χ4n) is 2.71. The zero-order chi connectivity index (χ0) is 15.9. The van der Waals surface area contributed by atoms with E-state index >= 15 is 0 Å². The van der Waals surface area contributed by atoms with Gasteiger partial charge >= 0.3 is 0 Å². The molecule has 1 amide bonds. The molecular formula is C15H16N2O3S2. The number of primary sulfonamides is 1. The first kappa shape index (κ1) is 15.2. The SMILES string of the molecule is Cc1ccc2c(c1)CC[C@H]2NC(=O)c1cc(S(N)(=O)=O)cs1. The van der Waals surface area contributed by atoms with E-state index in [0.717, 1.165) is 29.7 Å². The molecule has 116 valence electrons. The second kappa shape index (κ2) is 5.49. The minimum atomic E-state index is -3.77. The number of carbonyl (C=O) groups excluding carboxylic acids is 1. The lowest BCUT2D eigenvalue weighted by Crippen LogP contribution is -2.26. The summed E-state index contributed by atoms with van der Waals surface area (Å²) in [4.78, 5) is 12.6. The number of nitrogens with two attached hydrogens (primary N) is 1. The Bertz CT molecular complexity index is 840. The first-order valence-electron chi connectivity index (χ1n) is 6.86. The van der Waals surface area contributed by atoms with Crippen LogP contribution in [0.15, 0.2) is 34.5 Å². The lowest BCUT2D eigenvalue weighted by molar-refractivity contribution is 0.0940. The van der Waals surface area contributed by atoms with Crippen LogP contribution >= 0.6 is 11.3 Å². The van der Waals surface area contributed by atoms with Crippen molar-refractivity contribution in [2.24, 2.45) is 5.14 Å². The molecule has 1 aliphatic carbocycles. The van der Waals surface area contributed by atoms with Crippen molar-refractivity contribution in [3.05, 3.63) is 51.2 Å². The summed E-state index contributed by atoms with van der Waals surface area (Å²) in [5, 5.41) is 9.41. The van der Waals surface area contributed by atoms with Crippen molar-refractivity contribution >= 4 is 27.3 Å². The molecule has 1 aromatic heterocycles. The van der Waals surface area contributed by atoms with Crippen molar-refractivity contribution < 1.29 is 13.2 Å². The molecule has 5 nitrogen and oxygen atoms in total. The average Bonchev–Trinajstić information content (AvgIpc) is 3.05. The molecule has 3 rings (SSSR count). The number of carbonyl (C=O) groups is 1. The number of aryl methyl sites for hydroxylation is 2. The fraction of sp³-hybridized carbons (Fsp3) is 0.267. The number of sulfonamides is 1. The van der Waals surface area contributed by atoms with Crippen LogP contribution in [0, 0.1) is 6.92 Å². The van der Waals surface area contributed by atoms with Gasteiger partial charge in [-0.1, -0.05) is 23.8 Å². The molecule has 0 saturated heterocycles. The number of benzene rings is 1. The summed E-state index contributed by atoms with van der Waals surface area (Å²) < 4.78 is 22.5. The Morgan fingerprint density at radius 3 is 2.82 bits per heavy atom. The molecule has 3 N–H and O–H groups in total. The van der Waals surface area contributed by atoms with Crippen molar-refractivity contribution in [2.75, 3.05) is 0 Å². The number of hydrogen-bond acceptors (Lipinski definition) is 4. The minimum Gasteiger partial charge on any atom is -0.345 e. The summed E-state index contributed by atoms with van der Waals surface area (Å²) in [7, 11) is -3.77. The van der Waals surface area contributed by atoms with E-state index in [4.69, 9.17) is 5.14 Å². The Balaban J connectivity index is 1.78. The molecule has 0 radical (unpaired) electrons. The molecule has 0 aliphatic heterocycles. The van der Waals surface area contributed by atoms with Gasteiger partial charge in [0.2, 0.25) is 10.0 Å². The monoisotopic (exact) mass is 336 g/mol. The molecular weight excluding hydrogens is 320 g/mol. The van der Waals surface area contributed by atoms with Gasteiger partial charge in [-0.25, -0.2) is 13.6 Å². The summed E-state index contributed by atoms with van der Waals surface area (Å²) in [6.07, 6.45) is 1.80. The van der Waals surface area contributed by atoms with Crippen molar-refractivity contribution in [1.82, 2.24) is 5.32 Å². The van der Waals surface area contributed by atoms with E-state index in [0.29, 0.717) is 4.88 Å². The van der Waals surface area contributed by atoms with Gasteiger partial charge in [0.15, 0.2) is 0 Å². The molecule has 0 unspecified atom stereocenters. The van der Waals surface area contributed by atoms with Crippen LogP contribution in [0.2, 0.25) is 0 Å². The van der Waals surface area contributed by atoms with Gasteiger partial charge < -0.3 is 5.32 Å². The third-order valence-electron chi connectivity index (χ3n) is 3.81. The number of hydrogen-bond donors (Lipinski definition) is 2. The second-order valence-corrected chi connectivity index (χ2v) is 7.93. The Labute approximate surface area is 133 Å². The first-order chi connectivity index (χ1) is 10.3. The summed E-state index contributed by atoms with van der Waals surface area (Å²) in [5.41, 5.74) is 3.62. The third-order valence-corrected chi connectivity index (χ3v) is 5.78. The number of fused-ring (bicyclic) bond motifs is 1. The number of rotatable bonds is 3. The van der Waals surface area contributed by atoms with E-state index in [9.17, 15) is 13.2 Å². The zero-order valence-corrected chi connectivity index (χ0v) is 13.6. The molecule has 22 heavy (non-hydrogen) atoms. The maximum absolute atomic E-state index is 12.3. The van der Waals surface area contributed by atoms with Crippen LogP contribution in [0.3, 0.4) is 0 Å². The van der Waals surface area contributed by atoms with Crippen LogP contribution in [0.25, 0.3) is 0 Å². The van der Waals surface area contributed by atoms with Crippen LogP contribution in [0.5, 0.6) is 0 Å². The van der Waals surface area contributed by atoms with Gasteiger partial charge in [0.25, 0.3) is 5.91 Å². The molecule has 1 atom stereocenters. The van der Waals surface area contributed by atoms with E-state index in [1.807, 2.05) is 19.1 Å². The normalized spacial score (nSPS) is 17.3. The highest BCUT2D eigenvalue weighted by atomic mass is 32.2. The molecule has 1 aliphatic rings. The predicted octanol–water partition coefficient (Wildman–Crippen LogP) is 2.12. The largest absolute Gasteiger partial charge is 0.345 e. The third kappa shape index (κ3) is 2.92. The van der Waals surface area contributed by atoms with Crippen LogP contribution < -0.4 is 10.5 Å². The van der Waals surface area contributed by atoms with Gasteiger partial charge in [0.1, 0.15) is 0 Å². The molecule has 0 fully saturated rings. The van der Waals surface area contributed by atoms with Crippen LogP contribution in [0.4, 0.5) is 0 Å². The lowest BCUT2D eigenvalue weighted by Gasteiger charge is -2.13. The Morgan fingerprint density at radius 1 is 1.36 bits per heavy atom. The smallest absolute Gasteiger partial charge is 0.261 e. The molecule has 0 spiro atoms. The van der Waals surface area contributed by atoms with Crippen LogP contribution in [-0.2, 0) is 16.4 Å². The Morgan fingerprint density at radius 2 is 2.14 bits per heavy atom. The van der Waals surface area contributed by atoms with Gasteiger partial charge in [-0.15, -0.1) is 11.3 Å². The molecule has 2 aromatic rings. The molecule has 7 heteroatoms. The van der Waals surface area contributed by atoms with E-state index < -0.39 is 10.0 Å². The first-order valence-corrected chi connectivity index (χ1v) is 9.29. The summed E-state index contributed by atoms with van der Waals surface area (Å²) >= 11 is 1.08. The second-order valence-electron chi connectivity index (χ2n) is 5.46. The lowest BCUT2D eigenvalue weighted by atomic mass is 10.1. The predicted molar refractivity (Wildman–Crippen MR) is 85.4 cm³/mol. The van der Waals surface area contributed by atoms with Gasteiger partial charge in [0.05, 0.1) is 15.8 Å². The maximum atomic E-state index is 12.3. The quantitative estimate of drug-likeness (QED) is 0.900. The van der Waals surface area contributed by atoms with Crippen LogP contribution in [-0.4, -0.2) is 14.3 Å². The molecule has 0 saturated carbocycles. The van der Waals surface area contributed by atoms with Crippen molar-refractivity contribution in [2.45, 2.75) is 30.7 Å². The highest BCUT2D eigenvalue weighted by molar-refractivity contribution is 7.89. The standard InChI is InChI=1S/C15H16N2O3S2/c1-9-2-4-12-10(6-9)3-5-13(12)17-15(18)14-7-11(8-21-14)22(16,19)20/h2,4,6-8,13H,3,5H2,1H3,(H,17,18)(H2,16,19,20)/t13-/m1/s1. The van der Waals surface area contributed by atoms with E-state index in [1.54, 1.807) is 0 Å². The van der Waals surface area contributed by atoms with Crippen molar-refractivity contribution in [1.29, 1.82) is 0 Å². The Hall–Kier alpha value is -1.70. The van der Waals surface area contributed by atoms with E-state index in [2.05, 4.69) is 11.4 Å². The maximum Gasteiger partial charge on any atom is 0.261 e. The number of thiophene rings is 1. The van der Waals surface area contributed by atoms with Crippen molar-refractivity contribution in [3.63, 3.8) is 0 Å². The topological polar surface area (TPSA) is 89.3 Å². The summed E-state index contributed by atoms with van der Waals surface area (Å²) in [6, 6.07) is 7.52. The van der Waals surface area contributed by atoms with Gasteiger partial charge in [0, 0.05) is 5.38 Å². The van der Waals surface area contributed by atoms with Gasteiger partial charge in [-0.2, -0.15) is 0 Å². The molecule has 1 aromatic carbocycles. The highest BCUT2D eigenvalue weighted by Gasteiger charge is 2.25. The highest BCUT2D eigenvalue weighted by Crippen LogP contribution is 2.32. The van der Waals surface area contributed by atoms with Crippen molar-refractivity contribution in [3.8, 4) is 0 Å². The Kier molecular flexibility index (Phi) is 3.80. The van der Waals surface area contributed by atoms with Crippen LogP contribution in [0.1, 0.15) is 38.8 Å². The minimum absolute atomic E-state index is 0.0231.